The predicted molar refractivity (Wildman–Crippen MR) is 74.4 cm³/mol. The quantitative estimate of drug-likeness (QED) is 0.808. The van der Waals surface area contributed by atoms with Crippen LogP contribution in [0.25, 0.3) is 0 Å². The second-order valence-electron chi connectivity index (χ2n) is 4.58. The van der Waals surface area contributed by atoms with Crippen LogP contribution in [0.2, 0.25) is 0 Å². The van der Waals surface area contributed by atoms with Gasteiger partial charge in [0.25, 0.3) is 5.91 Å². The smallest absolute Gasteiger partial charge is 0.255 e. The van der Waals surface area contributed by atoms with Gasteiger partial charge in [-0.3, -0.25) is 14.8 Å². The second kappa shape index (κ2) is 5.64. The van der Waals surface area contributed by atoms with E-state index in [4.69, 9.17) is 0 Å². The van der Waals surface area contributed by atoms with E-state index in [1.54, 1.807) is 43.1 Å². The second-order valence-corrected chi connectivity index (χ2v) is 4.58. The number of piperazine rings is 1. The van der Waals surface area contributed by atoms with Gasteiger partial charge in [0.05, 0.1) is 11.8 Å². The first-order chi connectivity index (χ1) is 9.84. The minimum Gasteiger partial charge on any atom is -0.352 e. The van der Waals surface area contributed by atoms with Crippen molar-refractivity contribution >= 4 is 11.7 Å². The molecule has 20 heavy (non-hydrogen) atoms. The molecule has 6 nitrogen and oxygen atoms in total. The van der Waals surface area contributed by atoms with Crippen LogP contribution in [0.4, 0.5) is 5.82 Å². The molecular formula is C14H15N5O. The van der Waals surface area contributed by atoms with E-state index in [2.05, 4.69) is 19.9 Å². The average Bonchev–Trinajstić information content (AvgIpc) is 2.56. The molecule has 0 saturated carbocycles. The first-order valence-corrected chi connectivity index (χ1v) is 6.55. The lowest BCUT2D eigenvalue weighted by Gasteiger charge is -2.35. The zero-order valence-electron chi connectivity index (χ0n) is 11.0. The van der Waals surface area contributed by atoms with Gasteiger partial charge < -0.3 is 9.80 Å². The maximum absolute atomic E-state index is 12.3. The third-order valence-electron chi connectivity index (χ3n) is 3.35. The number of anilines is 1. The molecule has 1 saturated heterocycles. The molecule has 0 bridgehead atoms. The van der Waals surface area contributed by atoms with Gasteiger partial charge in [-0.15, -0.1) is 0 Å². The van der Waals surface area contributed by atoms with E-state index in [0.29, 0.717) is 18.7 Å². The molecule has 2 aromatic heterocycles. The van der Waals surface area contributed by atoms with Gasteiger partial charge in [-0.05, 0) is 12.1 Å². The number of amides is 1. The Morgan fingerprint density at radius 1 is 1.00 bits per heavy atom. The van der Waals surface area contributed by atoms with E-state index in [1.165, 1.54) is 0 Å². The summed E-state index contributed by atoms with van der Waals surface area (Å²) in [5.74, 6) is 0.901. The lowest BCUT2D eigenvalue weighted by Crippen LogP contribution is -2.49. The summed E-state index contributed by atoms with van der Waals surface area (Å²) < 4.78 is 0. The summed E-state index contributed by atoms with van der Waals surface area (Å²) in [4.78, 5) is 28.6. The summed E-state index contributed by atoms with van der Waals surface area (Å²) in [6.45, 7) is 2.91. The molecule has 0 radical (unpaired) electrons. The molecule has 3 rings (SSSR count). The summed E-state index contributed by atoms with van der Waals surface area (Å²) in [5.41, 5.74) is 0.639. The molecule has 0 spiro atoms. The average molecular weight is 269 g/mol. The molecule has 0 aliphatic carbocycles. The molecule has 1 fully saturated rings. The Bertz CT molecular complexity index is 567. The first kappa shape index (κ1) is 12.5. The van der Waals surface area contributed by atoms with Crippen LogP contribution in [-0.4, -0.2) is 51.9 Å². The molecule has 102 valence electrons. The highest BCUT2D eigenvalue weighted by atomic mass is 16.2. The van der Waals surface area contributed by atoms with Gasteiger partial charge in [-0.1, -0.05) is 0 Å². The third-order valence-corrected chi connectivity index (χ3v) is 3.35. The van der Waals surface area contributed by atoms with Gasteiger partial charge in [0.15, 0.2) is 0 Å². The van der Waals surface area contributed by atoms with Crippen molar-refractivity contribution in [3.05, 3.63) is 48.7 Å². The molecule has 0 atom stereocenters. The van der Waals surface area contributed by atoms with Gasteiger partial charge in [-0.2, -0.15) is 0 Å². The van der Waals surface area contributed by atoms with E-state index in [-0.39, 0.29) is 5.91 Å². The maximum Gasteiger partial charge on any atom is 0.255 e. The Morgan fingerprint density at radius 2 is 1.80 bits per heavy atom. The van der Waals surface area contributed by atoms with Gasteiger partial charge in [0.2, 0.25) is 0 Å². The number of carbonyl (C=O) groups is 1. The fourth-order valence-corrected chi connectivity index (χ4v) is 2.27. The lowest BCUT2D eigenvalue weighted by atomic mass is 10.2. The Kier molecular flexibility index (Phi) is 3.54. The van der Waals surface area contributed by atoms with Gasteiger partial charge in [0, 0.05) is 51.0 Å². The number of hydrogen-bond donors (Lipinski definition) is 0. The normalized spacial score (nSPS) is 15.2. The Hall–Kier alpha value is -2.50. The number of hydrogen-bond acceptors (Lipinski definition) is 5. The van der Waals surface area contributed by atoms with Crippen molar-refractivity contribution in [1.82, 2.24) is 19.9 Å². The Labute approximate surface area is 117 Å². The van der Waals surface area contributed by atoms with Crippen molar-refractivity contribution in [2.24, 2.45) is 0 Å². The SMILES string of the molecule is O=C(c1cccnc1)N1CCN(c2cnccn2)CC1. The van der Waals surface area contributed by atoms with Crippen molar-refractivity contribution in [3.63, 3.8) is 0 Å². The fourth-order valence-electron chi connectivity index (χ4n) is 2.27. The van der Waals surface area contributed by atoms with Crippen LogP contribution in [0.15, 0.2) is 43.1 Å². The number of carbonyl (C=O) groups excluding carboxylic acids is 1. The van der Waals surface area contributed by atoms with Crippen LogP contribution in [0, 0.1) is 0 Å². The highest BCUT2D eigenvalue weighted by Crippen LogP contribution is 2.13. The van der Waals surface area contributed by atoms with E-state index >= 15 is 0 Å². The van der Waals surface area contributed by atoms with E-state index in [1.807, 2.05) is 4.90 Å². The molecule has 1 aliphatic rings. The minimum absolute atomic E-state index is 0.0388. The van der Waals surface area contributed by atoms with Crippen molar-refractivity contribution in [1.29, 1.82) is 0 Å². The van der Waals surface area contributed by atoms with Crippen molar-refractivity contribution in [2.75, 3.05) is 31.1 Å². The van der Waals surface area contributed by atoms with Gasteiger partial charge in [-0.25, -0.2) is 4.98 Å². The van der Waals surface area contributed by atoms with Crippen molar-refractivity contribution < 1.29 is 4.79 Å². The summed E-state index contributed by atoms with van der Waals surface area (Å²) in [5, 5.41) is 0. The highest BCUT2D eigenvalue weighted by molar-refractivity contribution is 5.94. The number of nitrogens with zero attached hydrogens (tertiary/aromatic N) is 5. The number of pyridine rings is 1. The third kappa shape index (κ3) is 2.59. The molecule has 3 heterocycles. The summed E-state index contributed by atoms with van der Waals surface area (Å²) in [7, 11) is 0. The van der Waals surface area contributed by atoms with E-state index < -0.39 is 0 Å². The zero-order valence-corrected chi connectivity index (χ0v) is 11.0. The largest absolute Gasteiger partial charge is 0.352 e. The van der Waals surface area contributed by atoms with Crippen LogP contribution >= 0.6 is 0 Å². The van der Waals surface area contributed by atoms with Gasteiger partial charge >= 0.3 is 0 Å². The molecule has 1 amide bonds. The topological polar surface area (TPSA) is 62.2 Å². The molecule has 0 unspecified atom stereocenters. The zero-order chi connectivity index (χ0) is 13.8. The molecule has 2 aromatic rings. The highest BCUT2D eigenvalue weighted by Gasteiger charge is 2.22. The molecule has 1 aliphatic heterocycles. The van der Waals surface area contributed by atoms with Crippen LogP contribution in [0.3, 0.4) is 0 Å². The van der Waals surface area contributed by atoms with Crippen LogP contribution in [0.5, 0.6) is 0 Å². The minimum atomic E-state index is 0.0388. The lowest BCUT2D eigenvalue weighted by molar-refractivity contribution is 0.0746. The van der Waals surface area contributed by atoms with E-state index in [0.717, 1.165) is 18.9 Å². The van der Waals surface area contributed by atoms with Crippen LogP contribution in [0.1, 0.15) is 10.4 Å². The van der Waals surface area contributed by atoms with Crippen LogP contribution < -0.4 is 4.90 Å². The summed E-state index contributed by atoms with van der Waals surface area (Å²) in [6, 6.07) is 3.58. The van der Waals surface area contributed by atoms with Crippen LogP contribution in [-0.2, 0) is 0 Å². The van der Waals surface area contributed by atoms with Crippen molar-refractivity contribution in [2.45, 2.75) is 0 Å². The predicted octanol–water partition coefficient (Wildman–Crippen LogP) is 0.834. The molecule has 0 aromatic carbocycles. The monoisotopic (exact) mass is 269 g/mol. The van der Waals surface area contributed by atoms with Gasteiger partial charge in [0.1, 0.15) is 5.82 Å². The van der Waals surface area contributed by atoms with E-state index in [9.17, 15) is 4.79 Å². The maximum atomic E-state index is 12.3. The first-order valence-electron chi connectivity index (χ1n) is 6.55. The standard InChI is InChI=1S/C14H15N5O/c20-14(12-2-1-3-15-10-12)19-8-6-18(7-9-19)13-11-16-4-5-17-13/h1-5,10-11H,6-9H2. The number of aromatic nitrogens is 3. The fraction of sp³-hybridized carbons (Fsp3) is 0.286. The molecule has 6 heteroatoms. The number of rotatable bonds is 2. The Morgan fingerprint density at radius 3 is 2.45 bits per heavy atom. The molecule has 0 N–H and O–H groups in total. The Balaban J connectivity index is 1.63. The summed E-state index contributed by atoms with van der Waals surface area (Å²) >= 11 is 0. The molecular weight excluding hydrogens is 254 g/mol. The van der Waals surface area contributed by atoms with Crippen molar-refractivity contribution in [3.8, 4) is 0 Å². The summed E-state index contributed by atoms with van der Waals surface area (Å²) in [6.07, 6.45) is 8.37.